The van der Waals surface area contributed by atoms with Crippen molar-refractivity contribution < 1.29 is 9.53 Å². The largest absolute Gasteiger partial charge is 0.453 e. The number of hydrogen-bond donors (Lipinski definition) is 1. The highest BCUT2D eigenvalue weighted by molar-refractivity contribution is 5.67. The lowest BCUT2D eigenvalue weighted by Gasteiger charge is -2.09. The van der Waals surface area contributed by atoms with Crippen molar-refractivity contribution in [2.45, 2.75) is 13.5 Å². The molecule has 1 heterocycles. The third kappa shape index (κ3) is 3.46. The molecule has 1 amide bonds. The number of aromatic nitrogens is 2. The molecule has 0 spiro atoms. The maximum absolute atomic E-state index is 11.3. The van der Waals surface area contributed by atoms with Crippen molar-refractivity contribution in [2.75, 3.05) is 7.11 Å². The molecule has 3 rings (SSSR count). The molecule has 122 valence electrons. The SMILES string of the molecule is COC(=O)NCc1cc(-c2ccn(-c3ccccc3)n2)ccc1C. The highest BCUT2D eigenvalue weighted by atomic mass is 16.5. The summed E-state index contributed by atoms with van der Waals surface area (Å²) in [6.07, 6.45) is 1.50. The molecule has 0 aliphatic heterocycles. The van der Waals surface area contributed by atoms with Gasteiger partial charge in [0.1, 0.15) is 0 Å². The summed E-state index contributed by atoms with van der Waals surface area (Å²) in [4.78, 5) is 11.3. The van der Waals surface area contributed by atoms with Gasteiger partial charge in [-0.2, -0.15) is 5.10 Å². The first-order chi connectivity index (χ1) is 11.7. The Balaban J connectivity index is 1.85. The molecule has 0 aliphatic carbocycles. The van der Waals surface area contributed by atoms with E-state index in [0.717, 1.165) is 28.1 Å². The number of alkyl carbamates (subject to hydrolysis) is 1. The van der Waals surface area contributed by atoms with Crippen LogP contribution in [0.5, 0.6) is 0 Å². The summed E-state index contributed by atoms with van der Waals surface area (Å²) < 4.78 is 6.46. The fourth-order valence-corrected chi connectivity index (χ4v) is 2.46. The lowest BCUT2D eigenvalue weighted by molar-refractivity contribution is 0.170. The van der Waals surface area contributed by atoms with E-state index in [9.17, 15) is 4.79 Å². The van der Waals surface area contributed by atoms with Crippen molar-refractivity contribution in [3.63, 3.8) is 0 Å². The van der Waals surface area contributed by atoms with Gasteiger partial charge in [-0.05, 0) is 42.3 Å². The van der Waals surface area contributed by atoms with E-state index >= 15 is 0 Å². The summed E-state index contributed by atoms with van der Waals surface area (Å²) >= 11 is 0. The highest BCUT2D eigenvalue weighted by Gasteiger charge is 2.08. The number of rotatable bonds is 4. The Morgan fingerprint density at radius 1 is 1.17 bits per heavy atom. The minimum Gasteiger partial charge on any atom is -0.453 e. The van der Waals surface area contributed by atoms with Crippen LogP contribution in [0.25, 0.3) is 16.9 Å². The van der Waals surface area contributed by atoms with Crippen molar-refractivity contribution in [2.24, 2.45) is 0 Å². The van der Waals surface area contributed by atoms with Gasteiger partial charge in [0, 0.05) is 18.3 Å². The van der Waals surface area contributed by atoms with Gasteiger partial charge >= 0.3 is 6.09 Å². The number of carbonyl (C=O) groups excluding carboxylic acids is 1. The third-order valence-corrected chi connectivity index (χ3v) is 3.86. The van der Waals surface area contributed by atoms with Gasteiger partial charge in [-0.25, -0.2) is 9.48 Å². The van der Waals surface area contributed by atoms with Crippen LogP contribution in [0.2, 0.25) is 0 Å². The lowest BCUT2D eigenvalue weighted by Crippen LogP contribution is -2.22. The molecule has 3 aromatic rings. The molecular weight excluding hydrogens is 302 g/mol. The van der Waals surface area contributed by atoms with Crippen LogP contribution in [0.3, 0.4) is 0 Å². The number of ether oxygens (including phenoxy) is 1. The Labute approximate surface area is 140 Å². The highest BCUT2D eigenvalue weighted by Crippen LogP contribution is 2.22. The second-order valence-corrected chi connectivity index (χ2v) is 5.47. The zero-order valence-corrected chi connectivity index (χ0v) is 13.7. The van der Waals surface area contributed by atoms with Gasteiger partial charge in [0.2, 0.25) is 0 Å². The Morgan fingerprint density at radius 3 is 2.71 bits per heavy atom. The number of nitrogens with zero attached hydrogens (tertiary/aromatic N) is 2. The molecule has 5 heteroatoms. The van der Waals surface area contributed by atoms with E-state index in [1.165, 1.54) is 7.11 Å². The molecule has 0 radical (unpaired) electrons. The summed E-state index contributed by atoms with van der Waals surface area (Å²) in [7, 11) is 1.36. The van der Waals surface area contributed by atoms with Gasteiger partial charge < -0.3 is 10.1 Å². The topological polar surface area (TPSA) is 56.1 Å². The second-order valence-electron chi connectivity index (χ2n) is 5.47. The van der Waals surface area contributed by atoms with E-state index in [2.05, 4.69) is 15.2 Å². The Hall–Kier alpha value is -3.08. The molecule has 0 unspecified atom stereocenters. The Bertz CT molecular complexity index is 841. The van der Waals surface area contributed by atoms with Gasteiger partial charge in [0.05, 0.1) is 18.5 Å². The van der Waals surface area contributed by atoms with Crippen LogP contribution in [0.4, 0.5) is 4.79 Å². The number of carbonyl (C=O) groups is 1. The van der Waals surface area contributed by atoms with E-state index in [0.29, 0.717) is 6.54 Å². The molecule has 0 saturated carbocycles. The number of methoxy groups -OCH3 is 1. The molecule has 0 bridgehead atoms. The first kappa shape index (κ1) is 15.8. The van der Waals surface area contributed by atoms with Crippen LogP contribution < -0.4 is 5.32 Å². The number of nitrogens with one attached hydrogen (secondary N) is 1. The molecule has 1 N–H and O–H groups in total. The zero-order valence-electron chi connectivity index (χ0n) is 13.7. The molecule has 1 aromatic heterocycles. The van der Waals surface area contributed by atoms with E-state index in [1.54, 1.807) is 0 Å². The molecule has 5 nitrogen and oxygen atoms in total. The molecule has 0 fully saturated rings. The Morgan fingerprint density at radius 2 is 1.96 bits per heavy atom. The average Bonchev–Trinajstić information content (AvgIpc) is 3.11. The average molecular weight is 321 g/mol. The minimum atomic E-state index is -0.437. The van der Waals surface area contributed by atoms with Crippen LogP contribution >= 0.6 is 0 Å². The van der Waals surface area contributed by atoms with Crippen molar-refractivity contribution in [1.29, 1.82) is 0 Å². The van der Waals surface area contributed by atoms with E-state index < -0.39 is 6.09 Å². The summed E-state index contributed by atoms with van der Waals surface area (Å²) in [6, 6.07) is 18.1. The maximum atomic E-state index is 11.3. The van der Waals surface area contributed by atoms with Gasteiger partial charge in [0.25, 0.3) is 0 Å². The van der Waals surface area contributed by atoms with Gasteiger partial charge in [-0.15, -0.1) is 0 Å². The minimum absolute atomic E-state index is 0.422. The molecule has 0 atom stereocenters. The smallest absolute Gasteiger partial charge is 0.407 e. The van der Waals surface area contributed by atoms with Gasteiger partial charge in [-0.3, -0.25) is 0 Å². The Kier molecular flexibility index (Phi) is 4.61. The van der Waals surface area contributed by atoms with E-state index in [-0.39, 0.29) is 0 Å². The maximum Gasteiger partial charge on any atom is 0.407 e. The standard InChI is InChI=1S/C19H19N3O2/c1-14-8-9-15(12-16(14)13-20-19(23)24-2)18-10-11-22(21-18)17-6-4-3-5-7-17/h3-12H,13H2,1-2H3,(H,20,23). The van der Waals surface area contributed by atoms with E-state index in [1.807, 2.05) is 72.4 Å². The van der Waals surface area contributed by atoms with Crippen molar-refractivity contribution >= 4 is 6.09 Å². The fraction of sp³-hybridized carbons (Fsp3) is 0.158. The van der Waals surface area contributed by atoms with E-state index in [4.69, 9.17) is 0 Å². The number of para-hydroxylation sites is 1. The van der Waals surface area contributed by atoms with Crippen molar-refractivity contribution in [3.8, 4) is 16.9 Å². The molecule has 2 aromatic carbocycles. The summed E-state index contributed by atoms with van der Waals surface area (Å²) in [5, 5.41) is 7.35. The van der Waals surface area contributed by atoms with Gasteiger partial charge in [0.15, 0.2) is 0 Å². The van der Waals surface area contributed by atoms with Crippen LogP contribution in [0.15, 0.2) is 60.8 Å². The monoisotopic (exact) mass is 321 g/mol. The quantitative estimate of drug-likeness (QED) is 0.797. The van der Waals surface area contributed by atoms with Crippen LogP contribution in [-0.4, -0.2) is 23.0 Å². The summed E-state index contributed by atoms with van der Waals surface area (Å²) in [5.41, 5.74) is 5.06. The molecular formula is C19H19N3O2. The normalized spacial score (nSPS) is 10.4. The number of amides is 1. The summed E-state index contributed by atoms with van der Waals surface area (Å²) in [5.74, 6) is 0. The fourth-order valence-electron chi connectivity index (χ4n) is 2.46. The van der Waals surface area contributed by atoms with Crippen molar-refractivity contribution in [3.05, 3.63) is 71.9 Å². The number of hydrogen-bond acceptors (Lipinski definition) is 3. The predicted molar refractivity (Wildman–Crippen MR) is 93.0 cm³/mol. The first-order valence-electron chi connectivity index (χ1n) is 7.70. The van der Waals surface area contributed by atoms with Crippen LogP contribution in [-0.2, 0) is 11.3 Å². The second kappa shape index (κ2) is 7.00. The zero-order chi connectivity index (χ0) is 16.9. The van der Waals surface area contributed by atoms with Crippen molar-refractivity contribution in [1.82, 2.24) is 15.1 Å². The molecule has 24 heavy (non-hydrogen) atoms. The van der Waals surface area contributed by atoms with Gasteiger partial charge in [-0.1, -0.05) is 30.3 Å². The lowest BCUT2D eigenvalue weighted by atomic mass is 10.0. The number of benzene rings is 2. The number of aryl methyl sites for hydroxylation is 1. The summed E-state index contributed by atoms with van der Waals surface area (Å²) in [6.45, 7) is 2.44. The van der Waals surface area contributed by atoms with Crippen LogP contribution in [0, 0.1) is 6.92 Å². The van der Waals surface area contributed by atoms with Crippen LogP contribution in [0.1, 0.15) is 11.1 Å². The predicted octanol–water partition coefficient (Wildman–Crippen LogP) is 3.70. The first-order valence-corrected chi connectivity index (χ1v) is 7.70. The third-order valence-electron chi connectivity index (χ3n) is 3.86. The molecule has 0 saturated heterocycles. The molecule has 0 aliphatic rings.